The monoisotopic (exact) mass is 223 g/mol. The number of aromatic hydroxyl groups is 1. The largest absolute Gasteiger partial charge is 0.508 e. The van der Waals surface area contributed by atoms with Crippen molar-refractivity contribution in [2.45, 2.75) is 13.8 Å². The number of hydrogen-bond acceptors (Lipinski definition) is 3. The Hall–Kier alpha value is -1.55. The molecule has 0 atom stereocenters. The lowest BCUT2D eigenvalue weighted by molar-refractivity contribution is 0.0921. The maximum Gasteiger partial charge on any atom is 0.251 e. The summed E-state index contributed by atoms with van der Waals surface area (Å²) in [4.78, 5) is 11.7. The number of hydrogen-bond donors (Lipinski definition) is 2. The van der Waals surface area contributed by atoms with Gasteiger partial charge in [-0.2, -0.15) is 0 Å². The first-order chi connectivity index (χ1) is 7.66. The zero-order valence-electron chi connectivity index (χ0n) is 9.62. The quantitative estimate of drug-likeness (QED) is 0.743. The molecule has 0 heterocycles. The van der Waals surface area contributed by atoms with Gasteiger partial charge in [-0.1, -0.05) is 6.07 Å². The number of rotatable bonds is 5. The number of carbonyl (C=O) groups excluding carboxylic acids is 1. The third-order valence-electron chi connectivity index (χ3n) is 2.29. The molecule has 1 rings (SSSR count). The van der Waals surface area contributed by atoms with Crippen molar-refractivity contribution in [1.82, 2.24) is 5.32 Å². The van der Waals surface area contributed by atoms with E-state index >= 15 is 0 Å². The van der Waals surface area contributed by atoms with Crippen LogP contribution in [0.1, 0.15) is 22.8 Å². The highest BCUT2D eigenvalue weighted by Crippen LogP contribution is 2.19. The van der Waals surface area contributed by atoms with E-state index in [1.165, 1.54) is 0 Å². The fourth-order valence-corrected chi connectivity index (χ4v) is 1.35. The van der Waals surface area contributed by atoms with Gasteiger partial charge in [-0.25, -0.2) is 0 Å². The van der Waals surface area contributed by atoms with E-state index in [9.17, 15) is 9.90 Å². The highest BCUT2D eigenvalue weighted by molar-refractivity contribution is 5.96. The molecular formula is C12H17NO3. The summed E-state index contributed by atoms with van der Waals surface area (Å²) in [5, 5.41) is 12.2. The van der Waals surface area contributed by atoms with Gasteiger partial charge in [0.25, 0.3) is 5.91 Å². The van der Waals surface area contributed by atoms with Gasteiger partial charge in [-0.05, 0) is 26.0 Å². The van der Waals surface area contributed by atoms with Crippen LogP contribution < -0.4 is 5.32 Å². The number of ether oxygens (including phenoxy) is 1. The number of phenolic OH excluding ortho intramolecular Hbond substituents is 1. The lowest BCUT2D eigenvalue weighted by Gasteiger charge is -2.08. The zero-order valence-corrected chi connectivity index (χ0v) is 9.62. The first-order valence-corrected chi connectivity index (χ1v) is 5.31. The highest BCUT2D eigenvalue weighted by Gasteiger charge is 2.10. The lowest BCUT2D eigenvalue weighted by atomic mass is 10.1. The number of carbonyl (C=O) groups is 1. The van der Waals surface area contributed by atoms with Crippen molar-refractivity contribution in [3.05, 3.63) is 29.3 Å². The molecular weight excluding hydrogens is 206 g/mol. The predicted molar refractivity (Wildman–Crippen MR) is 61.7 cm³/mol. The third-order valence-corrected chi connectivity index (χ3v) is 2.29. The molecule has 4 heteroatoms. The minimum absolute atomic E-state index is 0.137. The summed E-state index contributed by atoms with van der Waals surface area (Å²) in [6, 6.07) is 4.90. The molecule has 0 aliphatic carbocycles. The van der Waals surface area contributed by atoms with Crippen molar-refractivity contribution in [2.75, 3.05) is 19.8 Å². The van der Waals surface area contributed by atoms with Crippen LogP contribution in [-0.2, 0) is 4.74 Å². The summed E-state index contributed by atoms with van der Waals surface area (Å²) in [5.74, 6) is -0.0504. The Balaban J connectivity index is 2.56. The van der Waals surface area contributed by atoms with Gasteiger partial charge in [0.2, 0.25) is 0 Å². The van der Waals surface area contributed by atoms with Crippen LogP contribution in [0.3, 0.4) is 0 Å². The molecule has 0 unspecified atom stereocenters. The van der Waals surface area contributed by atoms with Gasteiger partial charge in [-0.15, -0.1) is 0 Å². The summed E-state index contributed by atoms with van der Waals surface area (Å²) < 4.78 is 5.11. The van der Waals surface area contributed by atoms with E-state index in [-0.39, 0.29) is 11.7 Å². The van der Waals surface area contributed by atoms with Crippen molar-refractivity contribution in [3.8, 4) is 5.75 Å². The number of nitrogens with one attached hydrogen (secondary N) is 1. The summed E-state index contributed by atoms with van der Waals surface area (Å²) >= 11 is 0. The summed E-state index contributed by atoms with van der Waals surface area (Å²) in [5.41, 5.74) is 1.09. The van der Waals surface area contributed by atoms with Crippen molar-refractivity contribution >= 4 is 5.91 Å². The summed E-state index contributed by atoms with van der Waals surface area (Å²) in [7, 11) is 0. The zero-order chi connectivity index (χ0) is 12.0. The second kappa shape index (κ2) is 6.12. The summed E-state index contributed by atoms with van der Waals surface area (Å²) in [6.07, 6.45) is 0. The van der Waals surface area contributed by atoms with Crippen LogP contribution >= 0.6 is 0 Å². The fraction of sp³-hybridized carbons (Fsp3) is 0.417. The van der Waals surface area contributed by atoms with E-state index in [2.05, 4.69) is 5.32 Å². The van der Waals surface area contributed by atoms with E-state index in [0.717, 1.165) is 0 Å². The number of amides is 1. The van der Waals surface area contributed by atoms with Crippen LogP contribution in [-0.4, -0.2) is 30.8 Å². The Morgan fingerprint density at radius 3 is 2.94 bits per heavy atom. The van der Waals surface area contributed by atoms with Gasteiger partial charge in [0.1, 0.15) is 5.75 Å². The van der Waals surface area contributed by atoms with Gasteiger partial charge in [-0.3, -0.25) is 4.79 Å². The maximum absolute atomic E-state index is 11.7. The van der Waals surface area contributed by atoms with E-state index < -0.39 is 0 Å². The molecule has 0 saturated carbocycles. The van der Waals surface area contributed by atoms with Gasteiger partial charge in [0.05, 0.1) is 6.61 Å². The Kier molecular flexibility index (Phi) is 4.79. The number of benzene rings is 1. The van der Waals surface area contributed by atoms with Crippen LogP contribution in [0.15, 0.2) is 18.2 Å². The molecule has 2 N–H and O–H groups in total. The molecule has 1 aromatic rings. The minimum atomic E-state index is -0.187. The van der Waals surface area contributed by atoms with Gasteiger partial charge < -0.3 is 15.2 Å². The SMILES string of the molecule is CCOCCNC(=O)c1cccc(O)c1C. The Morgan fingerprint density at radius 1 is 1.50 bits per heavy atom. The number of phenols is 1. The molecule has 0 aromatic heterocycles. The molecule has 0 fully saturated rings. The van der Waals surface area contributed by atoms with Crippen molar-refractivity contribution < 1.29 is 14.6 Å². The van der Waals surface area contributed by atoms with E-state index in [1.807, 2.05) is 6.92 Å². The highest BCUT2D eigenvalue weighted by atomic mass is 16.5. The van der Waals surface area contributed by atoms with Crippen molar-refractivity contribution in [2.24, 2.45) is 0 Å². The van der Waals surface area contributed by atoms with Crippen LogP contribution in [0.25, 0.3) is 0 Å². The third kappa shape index (κ3) is 3.24. The van der Waals surface area contributed by atoms with Crippen molar-refractivity contribution in [1.29, 1.82) is 0 Å². The van der Waals surface area contributed by atoms with E-state index in [0.29, 0.717) is 30.9 Å². The van der Waals surface area contributed by atoms with Gasteiger partial charge in [0, 0.05) is 24.3 Å². The van der Waals surface area contributed by atoms with Crippen molar-refractivity contribution in [3.63, 3.8) is 0 Å². The normalized spacial score (nSPS) is 10.1. The first-order valence-electron chi connectivity index (χ1n) is 5.31. The van der Waals surface area contributed by atoms with E-state index in [4.69, 9.17) is 4.74 Å². The minimum Gasteiger partial charge on any atom is -0.508 e. The maximum atomic E-state index is 11.7. The first kappa shape index (κ1) is 12.5. The Morgan fingerprint density at radius 2 is 2.25 bits per heavy atom. The molecule has 1 aromatic carbocycles. The van der Waals surface area contributed by atoms with Crippen LogP contribution in [0.4, 0.5) is 0 Å². The fourth-order valence-electron chi connectivity index (χ4n) is 1.35. The van der Waals surface area contributed by atoms with Crippen LogP contribution in [0.5, 0.6) is 5.75 Å². The Labute approximate surface area is 95.2 Å². The topological polar surface area (TPSA) is 58.6 Å². The van der Waals surface area contributed by atoms with Crippen LogP contribution in [0.2, 0.25) is 0 Å². The predicted octanol–water partition coefficient (Wildman–Crippen LogP) is 1.47. The molecule has 0 aliphatic heterocycles. The average Bonchev–Trinajstić information content (AvgIpc) is 2.28. The molecule has 0 bridgehead atoms. The smallest absolute Gasteiger partial charge is 0.251 e. The van der Waals surface area contributed by atoms with Gasteiger partial charge >= 0.3 is 0 Å². The summed E-state index contributed by atoms with van der Waals surface area (Å²) in [6.45, 7) is 5.23. The molecule has 88 valence electrons. The van der Waals surface area contributed by atoms with E-state index in [1.54, 1.807) is 25.1 Å². The molecule has 0 aliphatic rings. The second-order valence-corrected chi connectivity index (χ2v) is 3.40. The molecule has 1 amide bonds. The second-order valence-electron chi connectivity index (χ2n) is 3.40. The average molecular weight is 223 g/mol. The standard InChI is InChI=1S/C12H17NO3/c1-3-16-8-7-13-12(15)10-5-4-6-11(14)9(10)2/h4-6,14H,3,7-8H2,1-2H3,(H,13,15). The Bertz CT molecular complexity index is 363. The molecule has 0 radical (unpaired) electrons. The molecule has 4 nitrogen and oxygen atoms in total. The molecule has 16 heavy (non-hydrogen) atoms. The van der Waals surface area contributed by atoms with Crippen LogP contribution in [0, 0.1) is 6.92 Å². The molecule has 0 spiro atoms. The van der Waals surface area contributed by atoms with Gasteiger partial charge in [0.15, 0.2) is 0 Å². The lowest BCUT2D eigenvalue weighted by Crippen LogP contribution is -2.27. The molecule has 0 saturated heterocycles.